The fourth-order valence-corrected chi connectivity index (χ4v) is 2.99. The minimum Gasteiger partial charge on any atom is -0.497 e. The van der Waals surface area contributed by atoms with E-state index in [4.69, 9.17) is 18.9 Å². The van der Waals surface area contributed by atoms with Crippen LogP contribution in [0.5, 0.6) is 23.0 Å². The average Bonchev–Trinajstić information content (AvgIpc) is 2.82. The van der Waals surface area contributed by atoms with Crippen LogP contribution in [-0.4, -0.2) is 33.1 Å². The van der Waals surface area contributed by atoms with Gasteiger partial charge in [-0.15, -0.1) is 0 Å². The van der Waals surface area contributed by atoms with Crippen LogP contribution in [0.25, 0.3) is 6.08 Å². The monoisotopic (exact) mass is 432 g/mol. The Labute approximate surface area is 187 Å². The minimum absolute atomic E-state index is 0.241. The lowest BCUT2D eigenvalue weighted by Gasteiger charge is -2.10. The Morgan fingerprint density at radius 2 is 1.44 bits per heavy atom. The van der Waals surface area contributed by atoms with E-state index in [9.17, 15) is 9.59 Å². The molecular weight excluding hydrogens is 408 g/mol. The predicted molar refractivity (Wildman–Crippen MR) is 122 cm³/mol. The molecule has 0 aromatic heterocycles. The summed E-state index contributed by atoms with van der Waals surface area (Å²) in [4.78, 5) is 25.1. The first-order valence-corrected chi connectivity index (χ1v) is 9.86. The Kier molecular flexibility index (Phi) is 7.29. The third kappa shape index (κ3) is 5.35. The highest BCUT2D eigenvalue weighted by Gasteiger charge is 2.14. The summed E-state index contributed by atoms with van der Waals surface area (Å²) < 4.78 is 21.3. The van der Waals surface area contributed by atoms with Crippen molar-refractivity contribution in [3.8, 4) is 23.0 Å². The van der Waals surface area contributed by atoms with Gasteiger partial charge >= 0.3 is 5.97 Å². The Bertz CT molecular complexity index is 1150. The fraction of sp³-hybridized carbons (Fsp3) is 0.154. The van der Waals surface area contributed by atoms with Crippen LogP contribution in [0.15, 0.2) is 66.7 Å². The molecule has 0 spiro atoms. The van der Waals surface area contributed by atoms with Gasteiger partial charge in [0.1, 0.15) is 11.5 Å². The van der Waals surface area contributed by atoms with Crippen molar-refractivity contribution >= 4 is 17.8 Å². The van der Waals surface area contributed by atoms with Crippen LogP contribution in [0, 0.1) is 6.92 Å². The third-order valence-corrected chi connectivity index (χ3v) is 4.78. The molecule has 0 unspecified atom stereocenters. The molecule has 3 aromatic carbocycles. The molecule has 6 heteroatoms. The van der Waals surface area contributed by atoms with Crippen LogP contribution < -0.4 is 18.9 Å². The van der Waals surface area contributed by atoms with Crippen LogP contribution in [0.1, 0.15) is 31.8 Å². The zero-order valence-electron chi connectivity index (χ0n) is 18.4. The van der Waals surface area contributed by atoms with E-state index in [0.717, 1.165) is 5.56 Å². The van der Waals surface area contributed by atoms with Gasteiger partial charge in [-0.05, 0) is 61.0 Å². The van der Waals surface area contributed by atoms with Crippen molar-refractivity contribution in [3.05, 3.63) is 89.0 Å². The summed E-state index contributed by atoms with van der Waals surface area (Å²) in [5, 5.41) is 0. The molecule has 0 saturated carbocycles. The van der Waals surface area contributed by atoms with Crippen LogP contribution >= 0.6 is 0 Å². The van der Waals surface area contributed by atoms with Crippen LogP contribution in [0.2, 0.25) is 0 Å². The van der Waals surface area contributed by atoms with Crippen molar-refractivity contribution in [1.29, 1.82) is 0 Å². The highest BCUT2D eigenvalue weighted by Crippen LogP contribution is 2.30. The van der Waals surface area contributed by atoms with E-state index >= 15 is 0 Å². The summed E-state index contributed by atoms with van der Waals surface area (Å²) in [6.07, 6.45) is 3.08. The molecule has 164 valence electrons. The third-order valence-electron chi connectivity index (χ3n) is 4.78. The molecule has 0 aliphatic heterocycles. The first kappa shape index (κ1) is 22.6. The number of rotatable bonds is 8. The number of hydrogen-bond donors (Lipinski definition) is 0. The van der Waals surface area contributed by atoms with Crippen molar-refractivity contribution in [3.63, 3.8) is 0 Å². The number of ether oxygens (including phenoxy) is 4. The number of aryl methyl sites for hydroxylation is 1. The number of carbonyl (C=O) groups excluding carboxylic acids is 2. The molecule has 0 aliphatic rings. The molecule has 3 aromatic rings. The second kappa shape index (κ2) is 10.3. The molecule has 0 aliphatic carbocycles. The van der Waals surface area contributed by atoms with Crippen LogP contribution in [0.4, 0.5) is 0 Å². The van der Waals surface area contributed by atoms with Gasteiger partial charge in [-0.3, -0.25) is 4.79 Å². The summed E-state index contributed by atoms with van der Waals surface area (Å²) in [6.45, 7) is 1.94. The Balaban J connectivity index is 1.78. The van der Waals surface area contributed by atoms with Crippen molar-refractivity contribution in [2.45, 2.75) is 6.92 Å². The van der Waals surface area contributed by atoms with Gasteiger partial charge in [0, 0.05) is 0 Å². The van der Waals surface area contributed by atoms with Gasteiger partial charge in [0.05, 0.1) is 32.5 Å². The van der Waals surface area contributed by atoms with E-state index in [2.05, 4.69) is 0 Å². The van der Waals surface area contributed by atoms with Crippen molar-refractivity contribution in [2.24, 2.45) is 0 Å². The zero-order valence-corrected chi connectivity index (χ0v) is 18.4. The molecule has 3 rings (SSSR count). The van der Waals surface area contributed by atoms with Gasteiger partial charge < -0.3 is 18.9 Å². The number of allylic oxidation sites excluding steroid dienone is 1. The predicted octanol–water partition coefficient (Wildman–Crippen LogP) is 5.14. The van der Waals surface area contributed by atoms with Crippen molar-refractivity contribution < 1.29 is 28.5 Å². The van der Waals surface area contributed by atoms with Gasteiger partial charge in [-0.25, -0.2) is 4.79 Å². The summed E-state index contributed by atoms with van der Waals surface area (Å²) in [5.74, 6) is 0.955. The van der Waals surface area contributed by atoms with Crippen LogP contribution in [0.3, 0.4) is 0 Å². The van der Waals surface area contributed by atoms with Gasteiger partial charge in [-0.1, -0.05) is 29.8 Å². The van der Waals surface area contributed by atoms with Gasteiger partial charge in [0.2, 0.25) is 0 Å². The number of hydrogen-bond acceptors (Lipinski definition) is 6. The van der Waals surface area contributed by atoms with E-state index in [1.54, 1.807) is 54.6 Å². The number of benzene rings is 3. The normalized spacial score (nSPS) is 10.6. The quantitative estimate of drug-likeness (QED) is 0.213. The van der Waals surface area contributed by atoms with Crippen molar-refractivity contribution in [1.82, 2.24) is 0 Å². The lowest BCUT2D eigenvalue weighted by atomic mass is 10.1. The molecular formula is C26H24O6. The Morgan fingerprint density at radius 3 is 2.09 bits per heavy atom. The summed E-state index contributed by atoms with van der Waals surface area (Å²) >= 11 is 0. The minimum atomic E-state index is -0.480. The highest BCUT2D eigenvalue weighted by molar-refractivity contribution is 6.09. The molecule has 0 radical (unpaired) electrons. The zero-order chi connectivity index (χ0) is 23.1. The molecule has 0 fully saturated rings. The van der Waals surface area contributed by atoms with E-state index in [0.29, 0.717) is 33.9 Å². The lowest BCUT2D eigenvalue weighted by molar-refractivity contribution is 0.0729. The maximum absolute atomic E-state index is 12.7. The van der Waals surface area contributed by atoms with Gasteiger partial charge in [0.15, 0.2) is 17.3 Å². The maximum Gasteiger partial charge on any atom is 0.343 e. The number of methoxy groups -OCH3 is 3. The first-order valence-electron chi connectivity index (χ1n) is 9.86. The second-order valence-corrected chi connectivity index (χ2v) is 6.93. The summed E-state index contributed by atoms with van der Waals surface area (Å²) in [6, 6.07) is 17.2. The lowest BCUT2D eigenvalue weighted by Crippen LogP contribution is -2.09. The van der Waals surface area contributed by atoms with E-state index in [1.165, 1.54) is 27.4 Å². The molecule has 0 bridgehead atoms. The SMILES string of the molecule is COc1ccc(OC)c(C(=O)/C=C/c2ccc(OC(=O)c3ccc(C)cc3)c(OC)c2)c1. The molecule has 6 nitrogen and oxygen atoms in total. The largest absolute Gasteiger partial charge is 0.497 e. The standard InChI is InChI=1S/C26H24O6/c1-17-5-9-19(10-6-17)26(28)32-24-13-8-18(15-25(24)31-4)7-12-22(27)21-16-20(29-2)11-14-23(21)30-3/h5-16H,1-4H3/b12-7+. The Hall–Kier alpha value is -4.06. The number of ketones is 1. The van der Waals surface area contributed by atoms with Crippen molar-refractivity contribution in [2.75, 3.05) is 21.3 Å². The molecule has 0 N–H and O–H groups in total. The topological polar surface area (TPSA) is 71.1 Å². The van der Waals surface area contributed by atoms with E-state index in [1.807, 2.05) is 19.1 Å². The Morgan fingerprint density at radius 1 is 0.750 bits per heavy atom. The fourth-order valence-electron chi connectivity index (χ4n) is 2.99. The first-order chi connectivity index (χ1) is 15.4. The van der Waals surface area contributed by atoms with E-state index < -0.39 is 5.97 Å². The maximum atomic E-state index is 12.7. The second-order valence-electron chi connectivity index (χ2n) is 6.93. The average molecular weight is 432 g/mol. The summed E-state index contributed by atoms with van der Waals surface area (Å²) in [5.41, 5.74) is 2.58. The molecule has 0 heterocycles. The van der Waals surface area contributed by atoms with Gasteiger partial charge in [0.25, 0.3) is 0 Å². The summed E-state index contributed by atoms with van der Waals surface area (Å²) in [7, 11) is 4.52. The van der Waals surface area contributed by atoms with Crippen LogP contribution in [-0.2, 0) is 0 Å². The number of carbonyl (C=O) groups is 2. The van der Waals surface area contributed by atoms with Gasteiger partial charge in [-0.2, -0.15) is 0 Å². The molecule has 0 atom stereocenters. The molecule has 0 amide bonds. The molecule has 32 heavy (non-hydrogen) atoms. The highest BCUT2D eigenvalue weighted by atomic mass is 16.6. The molecule has 0 saturated heterocycles. The van der Waals surface area contributed by atoms with E-state index in [-0.39, 0.29) is 11.5 Å². The smallest absolute Gasteiger partial charge is 0.343 e. The number of esters is 1.